The average Bonchev–Trinajstić information content (AvgIpc) is 2.80. The zero-order valence-electron chi connectivity index (χ0n) is 19.5. The molecule has 2 unspecified atom stereocenters. The smallest absolute Gasteiger partial charge is 0.243 e. The minimum Gasteiger partial charge on any atom is -0.370 e. The second kappa shape index (κ2) is 15.6. The second-order valence-corrected chi connectivity index (χ2v) is 7.42. The van der Waals surface area contributed by atoms with E-state index in [0.29, 0.717) is 32.5 Å². The molecule has 0 saturated carbocycles. The summed E-state index contributed by atoms with van der Waals surface area (Å²) in [6.07, 6.45) is 0.828. The van der Waals surface area contributed by atoms with Gasteiger partial charge in [-0.2, -0.15) is 0 Å². The van der Waals surface area contributed by atoms with Gasteiger partial charge in [0.1, 0.15) is 12.1 Å². The zero-order chi connectivity index (χ0) is 24.6. The van der Waals surface area contributed by atoms with Crippen LogP contribution in [0.15, 0.2) is 35.3 Å². The number of aliphatic imine (C=N–C) groups is 1. The molecule has 0 radical (unpaired) electrons. The van der Waals surface area contributed by atoms with Crippen molar-refractivity contribution in [3.8, 4) is 0 Å². The fourth-order valence-electron chi connectivity index (χ4n) is 3.34. The van der Waals surface area contributed by atoms with E-state index in [4.69, 9.17) is 17.2 Å². The lowest BCUT2D eigenvalue weighted by molar-refractivity contribution is -0.141. The molecule has 0 aliphatic heterocycles. The van der Waals surface area contributed by atoms with Gasteiger partial charge in [-0.3, -0.25) is 19.4 Å². The first kappa shape index (κ1) is 27.9. The number of likely N-dealkylation sites (N-methyl/N-ethyl adjacent to an activating group) is 1. The number of guanidine groups is 1. The summed E-state index contributed by atoms with van der Waals surface area (Å²) < 4.78 is 0. The first-order valence-corrected chi connectivity index (χ1v) is 11.2. The Kier molecular flexibility index (Phi) is 13.2. The molecule has 0 heterocycles. The molecule has 11 heteroatoms. The molecule has 33 heavy (non-hydrogen) atoms. The number of hydrogen-bond acceptors (Lipinski definition) is 6. The highest BCUT2D eigenvalue weighted by molar-refractivity contribution is 5.92. The lowest BCUT2D eigenvalue weighted by Gasteiger charge is -2.30. The van der Waals surface area contributed by atoms with Gasteiger partial charge in [-0.25, -0.2) is 0 Å². The molecule has 1 aromatic rings. The van der Waals surface area contributed by atoms with Gasteiger partial charge in [0.2, 0.25) is 17.7 Å². The number of nitrogens with two attached hydrogens (primary N) is 3. The fourth-order valence-corrected chi connectivity index (χ4v) is 3.34. The number of carbonyl (C=O) groups is 3. The quantitative estimate of drug-likeness (QED) is 0.0834. The Bertz CT molecular complexity index is 768. The van der Waals surface area contributed by atoms with Gasteiger partial charge in [-0.15, -0.1) is 0 Å². The maximum absolute atomic E-state index is 13.1. The summed E-state index contributed by atoms with van der Waals surface area (Å²) in [5, 5.41) is 8.63. The largest absolute Gasteiger partial charge is 0.370 e. The fraction of sp³-hybridized carbons (Fsp3) is 0.545. The molecule has 0 aliphatic carbocycles. The van der Waals surface area contributed by atoms with E-state index in [0.717, 1.165) is 5.56 Å². The summed E-state index contributed by atoms with van der Waals surface area (Å²) in [4.78, 5) is 43.9. The van der Waals surface area contributed by atoms with Crippen LogP contribution in [0.5, 0.6) is 0 Å². The van der Waals surface area contributed by atoms with E-state index < -0.39 is 12.1 Å². The average molecular weight is 463 g/mol. The monoisotopic (exact) mass is 462 g/mol. The predicted octanol–water partition coefficient (Wildman–Crippen LogP) is -1.03. The summed E-state index contributed by atoms with van der Waals surface area (Å²) >= 11 is 0. The van der Waals surface area contributed by atoms with Gasteiger partial charge in [-0.1, -0.05) is 37.3 Å². The Morgan fingerprint density at radius 3 is 2.36 bits per heavy atom. The third-order valence-corrected chi connectivity index (χ3v) is 5.04. The minimum absolute atomic E-state index is 0.0803. The number of nitrogens with zero attached hydrogens (tertiary/aromatic N) is 2. The summed E-state index contributed by atoms with van der Waals surface area (Å²) in [5.41, 5.74) is 17.0. The van der Waals surface area contributed by atoms with Gasteiger partial charge in [0.15, 0.2) is 5.96 Å². The number of benzene rings is 1. The van der Waals surface area contributed by atoms with Crippen LogP contribution in [0.2, 0.25) is 0 Å². The number of nitrogens with one attached hydrogen (secondary N) is 3. The summed E-state index contributed by atoms with van der Waals surface area (Å²) in [7, 11) is 0. The van der Waals surface area contributed by atoms with E-state index in [2.05, 4.69) is 20.9 Å². The normalized spacial score (nSPS) is 12.3. The van der Waals surface area contributed by atoms with Crippen molar-refractivity contribution in [1.29, 1.82) is 0 Å². The van der Waals surface area contributed by atoms with E-state index in [1.54, 1.807) is 6.92 Å². The van der Waals surface area contributed by atoms with Crippen LogP contribution in [0, 0.1) is 0 Å². The molecule has 0 fully saturated rings. The topological polar surface area (TPSA) is 181 Å². The molecular weight excluding hydrogens is 424 g/mol. The molecule has 0 bridgehead atoms. The standard InChI is InChI=1S/C22H38N8O3/c1-3-18(30(4-2)19(31)11-13-27-22(24)25)21(33)29-17(10-12-26-15-23)20(32)28-14-16-8-6-5-7-9-16/h5-9,17-18,26H,3-4,10-15,23H2,1-2H3,(H,28,32)(H,29,33)(H4,24,25,27). The molecular formula is C22H38N8O3. The zero-order valence-corrected chi connectivity index (χ0v) is 19.5. The molecule has 0 aromatic heterocycles. The summed E-state index contributed by atoms with van der Waals surface area (Å²) in [5.74, 6) is -1.02. The summed E-state index contributed by atoms with van der Waals surface area (Å²) in [6, 6.07) is 8.00. The molecule has 184 valence electrons. The molecule has 2 atom stereocenters. The minimum atomic E-state index is -0.773. The lowest BCUT2D eigenvalue weighted by Crippen LogP contribution is -2.55. The van der Waals surface area contributed by atoms with Gasteiger partial charge < -0.3 is 38.1 Å². The number of carbonyl (C=O) groups excluding carboxylic acids is 3. The first-order valence-electron chi connectivity index (χ1n) is 11.2. The second-order valence-electron chi connectivity index (χ2n) is 7.42. The maximum atomic E-state index is 13.1. The van der Waals surface area contributed by atoms with Crippen molar-refractivity contribution in [2.24, 2.45) is 22.2 Å². The van der Waals surface area contributed by atoms with E-state index in [1.807, 2.05) is 37.3 Å². The molecule has 1 rings (SSSR count). The lowest BCUT2D eigenvalue weighted by atomic mass is 10.1. The van der Waals surface area contributed by atoms with Gasteiger partial charge in [0.05, 0.1) is 6.54 Å². The first-order chi connectivity index (χ1) is 15.8. The van der Waals surface area contributed by atoms with Crippen LogP contribution in [-0.4, -0.2) is 67.0 Å². The van der Waals surface area contributed by atoms with Crippen molar-refractivity contribution in [3.63, 3.8) is 0 Å². The maximum Gasteiger partial charge on any atom is 0.243 e. The summed E-state index contributed by atoms with van der Waals surface area (Å²) in [6.45, 7) is 5.15. The van der Waals surface area contributed by atoms with Gasteiger partial charge in [0, 0.05) is 26.2 Å². The van der Waals surface area contributed by atoms with Crippen LogP contribution >= 0.6 is 0 Å². The van der Waals surface area contributed by atoms with Crippen molar-refractivity contribution < 1.29 is 14.4 Å². The van der Waals surface area contributed by atoms with Gasteiger partial charge >= 0.3 is 0 Å². The van der Waals surface area contributed by atoms with E-state index in [1.165, 1.54) is 4.90 Å². The number of hydrogen-bond donors (Lipinski definition) is 6. The highest BCUT2D eigenvalue weighted by Crippen LogP contribution is 2.09. The van der Waals surface area contributed by atoms with E-state index >= 15 is 0 Å². The number of rotatable bonds is 15. The van der Waals surface area contributed by atoms with Crippen molar-refractivity contribution in [2.75, 3.05) is 26.3 Å². The molecule has 0 spiro atoms. The van der Waals surface area contributed by atoms with Crippen molar-refractivity contribution >= 4 is 23.7 Å². The third-order valence-electron chi connectivity index (χ3n) is 5.04. The van der Waals surface area contributed by atoms with Gasteiger partial charge in [0.25, 0.3) is 0 Å². The Morgan fingerprint density at radius 2 is 1.79 bits per heavy atom. The van der Waals surface area contributed by atoms with Gasteiger partial charge in [-0.05, 0) is 31.9 Å². The van der Waals surface area contributed by atoms with Crippen LogP contribution < -0.4 is 33.2 Å². The van der Waals surface area contributed by atoms with Crippen LogP contribution in [0.1, 0.15) is 38.7 Å². The third kappa shape index (κ3) is 10.3. The molecule has 0 saturated heterocycles. The highest BCUT2D eigenvalue weighted by atomic mass is 16.2. The Hall–Kier alpha value is -3.18. The van der Waals surface area contributed by atoms with E-state index in [-0.39, 0.29) is 43.3 Å². The predicted molar refractivity (Wildman–Crippen MR) is 129 cm³/mol. The Balaban J connectivity index is 2.84. The van der Waals surface area contributed by atoms with Crippen LogP contribution in [0.25, 0.3) is 0 Å². The van der Waals surface area contributed by atoms with Crippen LogP contribution in [0.4, 0.5) is 0 Å². The SMILES string of the molecule is CCC(C(=O)NC(CCNCN)C(=O)NCc1ccccc1)N(CC)C(=O)CCN=C(N)N. The van der Waals surface area contributed by atoms with Crippen molar-refractivity contribution in [3.05, 3.63) is 35.9 Å². The molecule has 9 N–H and O–H groups in total. The number of amides is 3. The molecule has 0 aliphatic rings. The van der Waals surface area contributed by atoms with Crippen molar-refractivity contribution in [1.82, 2.24) is 20.9 Å². The Labute approximate surface area is 195 Å². The van der Waals surface area contributed by atoms with Crippen LogP contribution in [0.3, 0.4) is 0 Å². The van der Waals surface area contributed by atoms with Crippen molar-refractivity contribution in [2.45, 2.75) is 51.7 Å². The molecule has 11 nitrogen and oxygen atoms in total. The van der Waals surface area contributed by atoms with Crippen LogP contribution in [-0.2, 0) is 20.9 Å². The van der Waals surface area contributed by atoms with E-state index in [9.17, 15) is 14.4 Å². The molecule has 3 amide bonds. The molecule has 1 aromatic carbocycles. The Morgan fingerprint density at radius 1 is 1.09 bits per heavy atom. The highest BCUT2D eigenvalue weighted by Gasteiger charge is 2.30.